The Hall–Kier alpha value is -3.29. The molecule has 3 atom stereocenters. The summed E-state index contributed by atoms with van der Waals surface area (Å²) in [7, 11) is 1.90. The summed E-state index contributed by atoms with van der Waals surface area (Å²) in [5, 5.41) is 29.7. The third kappa shape index (κ3) is 8.60. The fourth-order valence-electron chi connectivity index (χ4n) is 4.34. The molecule has 4 rings (SSSR count). The molecule has 2 heterocycles. The number of aryl methyl sites for hydroxylation is 1. The van der Waals surface area contributed by atoms with Gasteiger partial charge in [0.15, 0.2) is 11.4 Å². The molecule has 4 N–H and O–H groups in total. The summed E-state index contributed by atoms with van der Waals surface area (Å²) in [5.74, 6) is 0.157. The standard InChI is InChI=1S/C28H35N5O6S/c1-33-18-29-31-28(33)40-17-23-15-24(20-9-7-19(16-34)8-10-20)39-27(38-23)21-11-13-22(14-12-21)30-25(35)5-3-2-4-6-26(36)32-37/h7-14,18,23-24,27,34,37H,2-6,15-17H2,1H3,(H,30,35)(H,32,36). The van der Waals surface area contributed by atoms with Gasteiger partial charge in [-0.2, -0.15) is 0 Å². The van der Waals surface area contributed by atoms with Crippen LogP contribution in [0.4, 0.5) is 5.69 Å². The van der Waals surface area contributed by atoms with Crippen molar-refractivity contribution < 1.29 is 29.4 Å². The van der Waals surface area contributed by atoms with Crippen molar-refractivity contribution in [1.29, 1.82) is 0 Å². The second kappa shape index (κ2) is 14.9. The number of carbonyl (C=O) groups is 2. The lowest BCUT2D eigenvalue weighted by molar-refractivity contribution is -0.245. The Balaban J connectivity index is 1.36. The number of carbonyl (C=O) groups excluding carboxylic acids is 2. The summed E-state index contributed by atoms with van der Waals surface area (Å²) >= 11 is 1.58. The molecule has 0 aliphatic carbocycles. The first kappa shape index (κ1) is 29.7. The number of aromatic nitrogens is 3. The lowest BCUT2D eigenvalue weighted by Gasteiger charge is -2.36. The Kier molecular flexibility index (Phi) is 11.1. The molecule has 0 saturated carbocycles. The number of aliphatic hydroxyl groups excluding tert-OH is 1. The van der Waals surface area contributed by atoms with Gasteiger partial charge in [-0.05, 0) is 36.1 Å². The van der Waals surface area contributed by atoms with Crippen LogP contribution in [0.1, 0.15) is 67.6 Å². The topological polar surface area (TPSA) is 148 Å². The summed E-state index contributed by atoms with van der Waals surface area (Å²) in [4.78, 5) is 23.4. The second-order valence-electron chi connectivity index (χ2n) is 9.65. The van der Waals surface area contributed by atoms with Crippen molar-refractivity contribution in [3.8, 4) is 0 Å². The van der Waals surface area contributed by atoms with Crippen LogP contribution in [0.2, 0.25) is 0 Å². The number of amides is 2. The van der Waals surface area contributed by atoms with Crippen LogP contribution in [0.15, 0.2) is 60.0 Å². The van der Waals surface area contributed by atoms with Gasteiger partial charge in [-0.3, -0.25) is 14.8 Å². The van der Waals surface area contributed by atoms with E-state index in [0.717, 1.165) is 28.3 Å². The first-order chi connectivity index (χ1) is 19.4. The molecule has 1 fully saturated rings. The van der Waals surface area contributed by atoms with Crippen LogP contribution < -0.4 is 10.8 Å². The maximum atomic E-state index is 12.3. The number of ether oxygens (including phenoxy) is 2. The fraction of sp³-hybridized carbons (Fsp3) is 0.429. The van der Waals surface area contributed by atoms with Gasteiger partial charge in [0.05, 0.1) is 18.8 Å². The van der Waals surface area contributed by atoms with Gasteiger partial charge >= 0.3 is 0 Å². The largest absolute Gasteiger partial charge is 0.392 e. The lowest BCUT2D eigenvalue weighted by Crippen LogP contribution is -2.31. The van der Waals surface area contributed by atoms with Gasteiger partial charge in [-0.15, -0.1) is 10.2 Å². The Bertz CT molecular complexity index is 1240. The van der Waals surface area contributed by atoms with Crippen molar-refractivity contribution in [2.75, 3.05) is 11.1 Å². The molecule has 11 nitrogen and oxygen atoms in total. The number of nitrogens with one attached hydrogen (secondary N) is 2. The molecule has 0 spiro atoms. The summed E-state index contributed by atoms with van der Waals surface area (Å²) in [6.45, 7) is -0.0132. The Morgan fingerprint density at radius 2 is 1.70 bits per heavy atom. The number of hydrogen-bond acceptors (Lipinski definition) is 9. The van der Waals surface area contributed by atoms with Gasteiger partial charge in [0.25, 0.3) is 0 Å². The maximum absolute atomic E-state index is 12.3. The second-order valence-corrected chi connectivity index (χ2v) is 10.6. The molecule has 1 aliphatic heterocycles. The highest BCUT2D eigenvalue weighted by Gasteiger charge is 2.32. The molecule has 2 amide bonds. The van der Waals surface area contributed by atoms with Crippen LogP contribution in [0.3, 0.4) is 0 Å². The Labute approximate surface area is 237 Å². The molecular weight excluding hydrogens is 534 g/mol. The third-order valence-electron chi connectivity index (χ3n) is 6.58. The molecule has 1 aromatic heterocycles. The van der Waals surface area contributed by atoms with E-state index in [2.05, 4.69) is 15.5 Å². The number of aliphatic hydroxyl groups is 1. The van der Waals surface area contributed by atoms with Crippen LogP contribution in [0.5, 0.6) is 0 Å². The number of nitrogens with zero attached hydrogens (tertiary/aromatic N) is 3. The van der Waals surface area contributed by atoms with E-state index in [4.69, 9.17) is 14.7 Å². The highest BCUT2D eigenvalue weighted by Crippen LogP contribution is 2.39. The van der Waals surface area contributed by atoms with Gasteiger partial charge in [0.1, 0.15) is 6.33 Å². The van der Waals surface area contributed by atoms with Crippen molar-refractivity contribution in [1.82, 2.24) is 20.2 Å². The van der Waals surface area contributed by atoms with Crippen molar-refractivity contribution in [3.05, 3.63) is 71.5 Å². The SMILES string of the molecule is Cn1cnnc1SCC1CC(c2ccc(CO)cc2)OC(c2ccc(NC(=O)CCCCCC(=O)NO)cc2)O1. The Morgan fingerprint density at radius 3 is 2.35 bits per heavy atom. The van der Waals surface area contributed by atoms with Crippen LogP contribution in [-0.4, -0.2) is 48.7 Å². The molecule has 3 unspecified atom stereocenters. The van der Waals surface area contributed by atoms with Crippen LogP contribution in [0, 0.1) is 0 Å². The molecule has 214 valence electrons. The van der Waals surface area contributed by atoms with E-state index < -0.39 is 12.2 Å². The van der Waals surface area contributed by atoms with E-state index in [9.17, 15) is 14.7 Å². The Morgan fingerprint density at radius 1 is 1.00 bits per heavy atom. The van der Waals surface area contributed by atoms with Gasteiger partial charge in [0.2, 0.25) is 11.8 Å². The summed E-state index contributed by atoms with van der Waals surface area (Å²) < 4.78 is 14.6. The summed E-state index contributed by atoms with van der Waals surface area (Å²) in [5.41, 5.74) is 4.97. The first-order valence-corrected chi connectivity index (χ1v) is 14.2. The predicted molar refractivity (Wildman–Crippen MR) is 148 cm³/mol. The number of benzene rings is 2. The zero-order chi connectivity index (χ0) is 28.3. The minimum atomic E-state index is -0.595. The highest BCUT2D eigenvalue weighted by atomic mass is 32.2. The van der Waals surface area contributed by atoms with Crippen molar-refractivity contribution in [3.63, 3.8) is 0 Å². The van der Waals surface area contributed by atoms with Crippen LogP contribution in [0.25, 0.3) is 0 Å². The average Bonchev–Trinajstić information content (AvgIpc) is 3.40. The molecule has 12 heteroatoms. The zero-order valence-electron chi connectivity index (χ0n) is 22.4. The quantitative estimate of drug-likeness (QED) is 0.104. The van der Waals surface area contributed by atoms with E-state index >= 15 is 0 Å². The van der Waals surface area contributed by atoms with E-state index in [1.165, 1.54) is 0 Å². The van der Waals surface area contributed by atoms with Crippen LogP contribution in [-0.2, 0) is 32.7 Å². The average molecular weight is 570 g/mol. The van der Waals surface area contributed by atoms with Gasteiger partial charge in [0, 0.05) is 43.3 Å². The monoisotopic (exact) mass is 569 g/mol. The molecular formula is C28H35N5O6S. The minimum Gasteiger partial charge on any atom is -0.392 e. The zero-order valence-corrected chi connectivity index (χ0v) is 23.2. The van der Waals surface area contributed by atoms with Crippen LogP contribution >= 0.6 is 11.8 Å². The number of rotatable bonds is 13. The number of anilines is 1. The highest BCUT2D eigenvalue weighted by molar-refractivity contribution is 7.99. The van der Waals surface area contributed by atoms with Gasteiger partial charge in [-0.1, -0.05) is 54.6 Å². The maximum Gasteiger partial charge on any atom is 0.243 e. The fourth-order valence-corrected chi connectivity index (χ4v) is 5.25. The predicted octanol–water partition coefficient (Wildman–Crippen LogP) is 4.04. The van der Waals surface area contributed by atoms with E-state index in [0.29, 0.717) is 37.1 Å². The van der Waals surface area contributed by atoms with E-state index in [1.807, 2.05) is 60.1 Å². The van der Waals surface area contributed by atoms with Gasteiger partial charge in [-0.25, -0.2) is 5.48 Å². The molecule has 40 heavy (non-hydrogen) atoms. The molecule has 3 aromatic rings. The third-order valence-corrected chi connectivity index (χ3v) is 7.75. The number of hydrogen-bond donors (Lipinski definition) is 4. The number of unbranched alkanes of at least 4 members (excludes halogenated alkanes) is 2. The number of thioether (sulfide) groups is 1. The summed E-state index contributed by atoms with van der Waals surface area (Å²) in [6, 6.07) is 15.2. The number of hydroxylamine groups is 1. The van der Waals surface area contributed by atoms with Crippen molar-refractivity contribution in [2.45, 2.75) is 68.8 Å². The molecule has 1 saturated heterocycles. The normalized spacial score (nSPS) is 18.8. The van der Waals surface area contributed by atoms with E-state index in [1.54, 1.807) is 23.6 Å². The smallest absolute Gasteiger partial charge is 0.243 e. The van der Waals surface area contributed by atoms with Crippen molar-refractivity contribution >= 4 is 29.3 Å². The minimum absolute atomic E-state index is 0.0132. The molecule has 0 bridgehead atoms. The molecule has 0 radical (unpaired) electrons. The molecule has 2 aromatic carbocycles. The first-order valence-electron chi connectivity index (χ1n) is 13.3. The van der Waals surface area contributed by atoms with E-state index in [-0.39, 0.29) is 31.1 Å². The van der Waals surface area contributed by atoms with Gasteiger partial charge < -0.3 is 24.5 Å². The van der Waals surface area contributed by atoms with Crippen molar-refractivity contribution in [2.24, 2.45) is 7.05 Å². The lowest BCUT2D eigenvalue weighted by atomic mass is 10.0. The summed E-state index contributed by atoms with van der Waals surface area (Å²) in [6.07, 6.45) is 4.00. The molecule has 1 aliphatic rings.